The molecule has 2 aromatic heterocycles. The molecule has 2 rings (SSSR count). The Bertz CT molecular complexity index is 429. The summed E-state index contributed by atoms with van der Waals surface area (Å²) in [5.41, 5.74) is 1.72. The quantitative estimate of drug-likeness (QED) is 0.571. The van der Waals surface area contributed by atoms with E-state index in [1.54, 1.807) is 29.9 Å². The van der Waals surface area contributed by atoms with E-state index in [0.29, 0.717) is 5.76 Å². The SMILES string of the molecule is O=C(C=Cc1cncs1)c1ccco1. The Morgan fingerprint density at radius 2 is 2.50 bits per heavy atom. The summed E-state index contributed by atoms with van der Waals surface area (Å²) in [4.78, 5) is 16.2. The lowest BCUT2D eigenvalue weighted by Gasteiger charge is -1.86. The summed E-state index contributed by atoms with van der Waals surface area (Å²) in [7, 11) is 0. The summed E-state index contributed by atoms with van der Waals surface area (Å²) < 4.78 is 4.95. The molecule has 0 saturated heterocycles. The number of carbonyl (C=O) groups excluding carboxylic acids is 1. The van der Waals surface area contributed by atoms with E-state index < -0.39 is 0 Å². The molecule has 0 spiro atoms. The van der Waals surface area contributed by atoms with Gasteiger partial charge < -0.3 is 4.42 Å². The van der Waals surface area contributed by atoms with E-state index in [0.717, 1.165) is 4.88 Å². The first-order chi connectivity index (χ1) is 6.86. The van der Waals surface area contributed by atoms with Crippen molar-refractivity contribution in [2.75, 3.05) is 0 Å². The molecule has 0 radical (unpaired) electrons. The average molecular weight is 205 g/mol. The molecule has 14 heavy (non-hydrogen) atoms. The number of hydrogen-bond donors (Lipinski definition) is 0. The van der Waals surface area contributed by atoms with Crippen LogP contribution in [0.15, 0.2) is 40.6 Å². The van der Waals surface area contributed by atoms with Gasteiger partial charge in [0.05, 0.1) is 11.8 Å². The lowest BCUT2D eigenvalue weighted by Crippen LogP contribution is -1.89. The molecule has 0 aliphatic rings. The zero-order valence-electron chi connectivity index (χ0n) is 7.21. The molecule has 3 nitrogen and oxygen atoms in total. The largest absolute Gasteiger partial charge is 0.461 e. The number of rotatable bonds is 3. The number of aromatic nitrogens is 1. The maximum Gasteiger partial charge on any atom is 0.221 e. The summed E-state index contributed by atoms with van der Waals surface area (Å²) >= 11 is 1.48. The van der Waals surface area contributed by atoms with Crippen molar-refractivity contribution in [2.24, 2.45) is 0 Å². The molecule has 2 heterocycles. The van der Waals surface area contributed by atoms with E-state index in [4.69, 9.17) is 4.42 Å². The molecule has 0 aliphatic heterocycles. The molecule has 0 N–H and O–H groups in total. The summed E-state index contributed by atoms with van der Waals surface area (Å²) in [6.07, 6.45) is 6.39. The third kappa shape index (κ3) is 1.97. The number of nitrogens with zero attached hydrogens (tertiary/aromatic N) is 1. The molecule has 0 amide bonds. The Morgan fingerprint density at radius 3 is 3.14 bits per heavy atom. The number of carbonyl (C=O) groups is 1. The van der Waals surface area contributed by atoms with E-state index in [2.05, 4.69) is 4.98 Å². The van der Waals surface area contributed by atoms with Crippen molar-refractivity contribution < 1.29 is 9.21 Å². The first-order valence-corrected chi connectivity index (χ1v) is 4.88. The van der Waals surface area contributed by atoms with Crippen LogP contribution in [-0.4, -0.2) is 10.8 Å². The van der Waals surface area contributed by atoms with E-state index in [1.165, 1.54) is 23.7 Å². The van der Waals surface area contributed by atoms with Crippen molar-refractivity contribution in [3.05, 3.63) is 46.8 Å². The van der Waals surface area contributed by atoms with Gasteiger partial charge in [-0.1, -0.05) is 0 Å². The van der Waals surface area contributed by atoms with Gasteiger partial charge in [-0.25, -0.2) is 0 Å². The minimum Gasteiger partial charge on any atom is -0.461 e. The Kier molecular flexibility index (Phi) is 2.55. The van der Waals surface area contributed by atoms with E-state index in [9.17, 15) is 4.79 Å². The number of allylic oxidation sites excluding steroid dienone is 1. The van der Waals surface area contributed by atoms with Gasteiger partial charge in [0.25, 0.3) is 0 Å². The maximum atomic E-state index is 11.4. The fraction of sp³-hybridized carbons (Fsp3) is 0. The van der Waals surface area contributed by atoms with Gasteiger partial charge in [-0.15, -0.1) is 11.3 Å². The molecule has 4 heteroatoms. The van der Waals surface area contributed by atoms with Crippen molar-refractivity contribution in [3.63, 3.8) is 0 Å². The van der Waals surface area contributed by atoms with Gasteiger partial charge in [0.1, 0.15) is 0 Å². The average Bonchev–Trinajstić information content (AvgIpc) is 2.87. The number of hydrogen-bond acceptors (Lipinski definition) is 4. The Labute approximate surface area is 84.7 Å². The van der Waals surface area contributed by atoms with Gasteiger partial charge in [0, 0.05) is 11.1 Å². The predicted octanol–water partition coefficient (Wildman–Crippen LogP) is 2.63. The second-order valence-corrected chi connectivity index (χ2v) is 3.50. The van der Waals surface area contributed by atoms with Crippen molar-refractivity contribution in [1.29, 1.82) is 0 Å². The van der Waals surface area contributed by atoms with Crippen molar-refractivity contribution in [1.82, 2.24) is 4.98 Å². The lowest BCUT2D eigenvalue weighted by molar-refractivity contribution is 0.102. The fourth-order valence-electron chi connectivity index (χ4n) is 0.967. The fourth-order valence-corrected chi connectivity index (χ4v) is 1.48. The summed E-state index contributed by atoms with van der Waals surface area (Å²) in [6, 6.07) is 3.33. The third-order valence-electron chi connectivity index (χ3n) is 1.61. The third-order valence-corrected chi connectivity index (χ3v) is 2.36. The topological polar surface area (TPSA) is 43.1 Å². The van der Waals surface area contributed by atoms with Crippen LogP contribution in [0.1, 0.15) is 15.4 Å². The smallest absolute Gasteiger partial charge is 0.221 e. The highest BCUT2D eigenvalue weighted by atomic mass is 32.1. The molecule has 0 saturated carbocycles. The van der Waals surface area contributed by atoms with Gasteiger partial charge in [-0.05, 0) is 24.3 Å². The maximum absolute atomic E-state index is 11.4. The molecule has 0 fully saturated rings. The first-order valence-electron chi connectivity index (χ1n) is 4.00. The van der Waals surface area contributed by atoms with Gasteiger partial charge in [0.2, 0.25) is 5.78 Å². The van der Waals surface area contributed by atoms with Crippen LogP contribution in [0.25, 0.3) is 6.08 Å². The van der Waals surface area contributed by atoms with Crippen LogP contribution in [-0.2, 0) is 0 Å². The Hall–Kier alpha value is -1.68. The van der Waals surface area contributed by atoms with Crippen molar-refractivity contribution >= 4 is 23.2 Å². The van der Waals surface area contributed by atoms with Gasteiger partial charge in [-0.2, -0.15) is 0 Å². The van der Waals surface area contributed by atoms with Gasteiger partial charge in [0.15, 0.2) is 5.76 Å². The lowest BCUT2D eigenvalue weighted by atomic mass is 10.3. The van der Waals surface area contributed by atoms with Gasteiger partial charge >= 0.3 is 0 Å². The minimum absolute atomic E-state index is 0.136. The molecule has 0 aliphatic carbocycles. The van der Waals surface area contributed by atoms with Crippen LogP contribution in [0.3, 0.4) is 0 Å². The Morgan fingerprint density at radius 1 is 1.57 bits per heavy atom. The van der Waals surface area contributed by atoms with Crippen LogP contribution in [0.4, 0.5) is 0 Å². The van der Waals surface area contributed by atoms with Crippen LogP contribution in [0.2, 0.25) is 0 Å². The second-order valence-electron chi connectivity index (χ2n) is 2.58. The number of ketones is 1. The first kappa shape index (κ1) is 8.90. The monoisotopic (exact) mass is 205 g/mol. The summed E-state index contributed by atoms with van der Waals surface area (Å²) in [5.74, 6) is 0.217. The second kappa shape index (κ2) is 4.02. The molecule has 0 bridgehead atoms. The normalized spacial score (nSPS) is 10.9. The van der Waals surface area contributed by atoms with Crippen LogP contribution in [0, 0.1) is 0 Å². The Balaban J connectivity index is 2.09. The highest BCUT2D eigenvalue weighted by Crippen LogP contribution is 2.09. The van der Waals surface area contributed by atoms with Crippen LogP contribution < -0.4 is 0 Å². The molecule has 0 atom stereocenters. The zero-order valence-corrected chi connectivity index (χ0v) is 8.03. The molecular formula is C10H7NO2S. The minimum atomic E-state index is -0.136. The molecule has 0 unspecified atom stereocenters. The number of furan rings is 1. The standard InChI is InChI=1S/C10H7NO2S/c12-9(10-2-1-5-13-10)4-3-8-6-11-7-14-8/h1-7H. The van der Waals surface area contributed by atoms with Crippen LogP contribution in [0.5, 0.6) is 0 Å². The van der Waals surface area contributed by atoms with E-state index in [-0.39, 0.29) is 5.78 Å². The summed E-state index contributed by atoms with van der Waals surface area (Å²) in [5, 5.41) is 0. The van der Waals surface area contributed by atoms with E-state index in [1.807, 2.05) is 0 Å². The molecule has 2 aromatic rings. The highest BCUT2D eigenvalue weighted by Gasteiger charge is 2.03. The predicted molar refractivity (Wildman–Crippen MR) is 54.2 cm³/mol. The zero-order chi connectivity index (χ0) is 9.80. The molecule has 70 valence electrons. The van der Waals surface area contributed by atoms with Crippen LogP contribution >= 0.6 is 11.3 Å². The summed E-state index contributed by atoms with van der Waals surface area (Å²) in [6.45, 7) is 0. The van der Waals surface area contributed by atoms with Crippen molar-refractivity contribution in [3.8, 4) is 0 Å². The van der Waals surface area contributed by atoms with Gasteiger partial charge in [-0.3, -0.25) is 9.78 Å². The van der Waals surface area contributed by atoms with E-state index >= 15 is 0 Å². The molecule has 0 aromatic carbocycles. The highest BCUT2D eigenvalue weighted by molar-refractivity contribution is 7.10. The molecular weight excluding hydrogens is 198 g/mol. The van der Waals surface area contributed by atoms with Crippen molar-refractivity contribution in [2.45, 2.75) is 0 Å². The number of thiazole rings is 1.